The second-order valence-corrected chi connectivity index (χ2v) is 4.45. The van der Waals surface area contributed by atoms with E-state index in [1.165, 1.54) is 0 Å². The molecule has 1 aliphatic rings. The summed E-state index contributed by atoms with van der Waals surface area (Å²) in [6, 6.07) is 0. The summed E-state index contributed by atoms with van der Waals surface area (Å²) in [5.74, 6) is 3.27. The van der Waals surface area contributed by atoms with E-state index in [0.29, 0.717) is 0 Å². The minimum Gasteiger partial charge on any atom is -0.354 e. The van der Waals surface area contributed by atoms with Crippen LogP contribution in [0.1, 0.15) is 0 Å². The maximum Gasteiger partial charge on any atom is 0.139 e. The fourth-order valence-electron chi connectivity index (χ4n) is 1.49. The van der Waals surface area contributed by atoms with Gasteiger partial charge in [0.2, 0.25) is 0 Å². The van der Waals surface area contributed by atoms with Crippen LogP contribution < -0.4 is 15.5 Å². The molecule has 0 atom stereocenters. The monoisotopic (exact) mass is 207 g/mol. The lowest BCUT2D eigenvalue weighted by Gasteiger charge is -2.27. The maximum atomic E-state index is 4.27. The van der Waals surface area contributed by atoms with Gasteiger partial charge in [0.15, 0.2) is 0 Å². The molecule has 1 saturated heterocycles. The van der Waals surface area contributed by atoms with Gasteiger partial charge in [-0.2, -0.15) is 11.8 Å². The number of anilines is 1. The van der Waals surface area contributed by atoms with E-state index in [9.17, 15) is 0 Å². The highest BCUT2D eigenvalue weighted by atomic mass is 32.2. The Kier molecular flexibility index (Phi) is 2.72. The van der Waals surface area contributed by atoms with Crippen molar-refractivity contribution in [2.24, 2.45) is 0 Å². The van der Waals surface area contributed by atoms with Crippen molar-refractivity contribution in [2.75, 3.05) is 29.5 Å². The summed E-state index contributed by atoms with van der Waals surface area (Å²) in [5, 5.41) is 1.59. The van der Waals surface area contributed by atoms with Crippen LogP contribution in [0.25, 0.3) is 13.2 Å². The van der Waals surface area contributed by atoms with Gasteiger partial charge in [-0.15, -0.1) is 0 Å². The van der Waals surface area contributed by atoms with Gasteiger partial charge in [-0.1, -0.05) is 13.2 Å². The van der Waals surface area contributed by atoms with E-state index in [1.807, 2.05) is 11.8 Å². The predicted molar refractivity (Wildman–Crippen MR) is 61.9 cm³/mol. The highest BCUT2D eigenvalue weighted by molar-refractivity contribution is 7.99. The Morgan fingerprint density at radius 1 is 1.21 bits per heavy atom. The number of rotatable bonds is 1. The number of aromatic nitrogens is 2. The van der Waals surface area contributed by atoms with Crippen LogP contribution in [0.15, 0.2) is 6.33 Å². The molecule has 1 aliphatic heterocycles. The van der Waals surface area contributed by atoms with Gasteiger partial charge in [0.25, 0.3) is 0 Å². The van der Waals surface area contributed by atoms with Crippen molar-refractivity contribution in [3.8, 4) is 0 Å². The van der Waals surface area contributed by atoms with Gasteiger partial charge in [0.1, 0.15) is 12.1 Å². The molecule has 1 fully saturated rings. The summed E-state index contributed by atoms with van der Waals surface area (Å²) in [4.78, 5) is 10.5. The van der Waals surface area contributed by atoms with Gasteiger partial charge in [-0.25, -0.2) is 9.97 Å². The van der Waals surface area contributed by atoms with Gasteiger partial charge in [0.05, 0.1) is 5.35 Å². The van der Waals surface area contributed by atoms with E-state index >= 15 is 0 Å². The lowest BCUT2D eigenvalue weighted by atomic mass is 10.3. The van der Waals surface area contributed by atoms with E-state index in [4.69, 9.17) is 0 Å². The molecule has 74 valence electrons. The average molecular weight is 207 g/mol. The van der Waals surface area contributed by atoms with Crippen molar-refractivity contribution < 1.29 is 0 Å². The highest BCUT2D eigenvalue weighted by Gasteiger charge is 2.12. The van der Waals surface area contributed by atoms with Crippen LogP contribution in [0.5, 0.6) is 0 Å². The van der Waals surface area contributed by atoms with Gasteiger partial charge in [0, 0.05) is 29.8 Å². The molecule has 4 heteroatoms. The molecule has 14 heavy (non-hydrogen) atoms. The third-order valence-electron chi connectivity index (χ3n) is 2.32. The summed E-state index contributed by atoms with van der Waals surface area (Å²) >= 11 is 1.98. The van der Waals surface area contributed by atoms with E-state index in [1.54, 1.807) is 6.33 Å². The zero-order valence-electron chi connectivity index (χ0n) is 8.07. The van der Waals surface area contributed by atoms with E-state index in [2.05, 4.69) is 28.0 Å². The number of hydrogen-bond donors (Lipinski definition) is 0. The Labute approximate surface area is 87.6 Å². The van der Waals surface area contributed by atoms with Crippen LogP contribution in [0, 0.1) is 0 Å². The summed E-state index contributed by atoms with van der Waals surface area (Å²) in [6.07, 6.45) is 1.56. The van der Waals surface area contributed by atoms with Crippen LogP contribution in [0.2, 0.25) is 0 Å². The Hall–Kier alpha value is -1.03. The Balaban J connectivity index is 2.35. The van der Waals surface area contributed by atoms with Crippen molar-refractivity contribution in [3.63, 3.8) is 0 Å². The Morgan fingerprint density at radius 2 is 1.93 bits per heavy atom. The molecule has 0 N–H and O–H groups in total. The zero-order chi connectivity index (χ0) is 9.97. The lowest BCUT2D eigenvalue weighted by Crippen LogP contribution is -2.40. The fourth-order valence-corrected chi connectivity index (χ4v) is 2.39. The zero-order valence-corrected chi connectivity index (χ0v) is 8.89. The Morgan fingerprint density at radius 3 is 2.64 bits per heavy atom. The minimum absolute atomic E-state index is 0.730. The molecule has 0 bridgehead atoms. The lowest BCUT2D eigenvalue weighted by molar-refractivity contribution is 0.827. The summed E-state index contributed by atoms with van der Waals surface area (Å²) in [5.41, 5.74) is 0. The maximum absolute atomic E-state index is 4.27. The first kappa shape index (κ1) is 9.52. The second kappa shape index (κ2) is 4.00. The molecular weight excluding hydrogens is 194 g/mol. The molecular formula is C10H13N3S. The third-order valence-corrected chi connectivity index (χ3v) is 3.26. The molecule has 0 spiro atoms. The van der Waals surface area contributed by atoms with Crippen molar-refractivity contribution >= 4 is 30.7 Å². The van der Waals surface area contributed by atoms with Crippen LogP contribution in [-0.4, -0.2) is 34.6 Å². The second-order valence-electron chi connectivity index (χ2n) is 3.22. The predicted octanol–water partition coefficient (Wildman–Crippen LogP) is -0.150. The average Bonchev–Trinajstić information content (AvgIpc) is 2.23. The third kappa shape index (κ3) is 1.75. The van der Waals surface area contributed by atoms with Gasteiger partial charge < -0.3 is 4.90 Å². The number of nitrogens with zero attached hydrogens (tertiary/aromatic N) is 3. The van der Waals surface area contributed by atoms with Gasteiger partial charge in [-0.3, -0.25) is 0 Å². The molecule has 0 aromatic carbocycles. The van der Waals surface area contributed by atoms with Crippen molar-refractivity contribution in [2.45, 2.75) is 0 Å². The topological polar surface area (TPSA) is 29.0 Å². The van der Waals surface area contributed by atoms with E-state index < -0.39 is 0 Å². The molecule has 3 nitrogen and oxygen atoms in total. The minimum atomic E-state index is 0.730. The molecule has 0 unspecified atom stereocenters. The number of hydrogen-bond acceptors (Lipinski definition) is 4. The summed E-state index contributed by atoms with van der Waals surface area (Å²) < 4.78 is 0. The molecule has 1 aromatic heterocycles. The summed E-state index contributed by atoms with van der Waals surface area (Å²) in [7, 11) is 0. The fraction of sp³-hybridized carbons (Fsp3) is 0.400. The molecule has 1 aromatic rings. The van der Waals surface area contributed by atoms with Crippen LogP contribution in [0.3, 0.4) is 0 Å². The van der Waals surface area contributed by atoms with Gasteiger partial charge >= 0.3 is 0 Å². The first-order valence-electron chi connectivity index (χ1n) is 4.60. The molecule has 2 rings (SSSR count). The SMILES string of the molecule is C=c1ncnc(N2CCSCC2)c1=C. The van der Waals surface area contributed by atoms with Gasteiger partial charge in [-0.05, 0) is 0 Å². The highest BCUT2D eigenvalue weighted by Crippen LogP contribution is 2.12. The molecule has 0 radical (unpaired) electrons. The van der Waals surface area contributed by atoms with Crippen LogP contribution in [-0.2, 0) is 0 Å². The normalized spacial score (nSPS) is 17.0. The standard InChI is InChI=1S/C10H13N3S/c1-8-9(2)11-7-12-10(8)13-3-5-14-6-4-13/h7H,1-6H2. The molecule has 2 heterocycles. The largest absolute Gasteiger partial charge is 0.354 e. The summed E-state index contributed by atoms with van der Waals surface area (Å²) in [6.45, 7) is 9.88. The first-order valence-corrected chi connectivity index (χ1v) is 5.76. The van der Waals surface area contributed by atoms with Crippen LogP contribution >= 0.6 is 11.8 Å². The molecule has 0 amide bonds. The first-order chi connectivity index (χ1) is 6.79. The number of thioether (sulfide) groups is 1. The molecule has 0 aliphatic carbocycles. The van der Waals surface area contributed by atoms with Crippen molar-refractivity contribution in [1.82, 2.24) is 9.97 Å². The Bertz CT molecular complexity index is 412. The molecule has 0 saturated carbocycles. The van der Waals surface area contributed by atoms with Crippen LogP contribution in [0.4, 0.5) is 5.82 Å². The van der Waals surface area contributed by atoms with E-state index in [-0.39, 0.29) is 0 Å². The quantitative estimate of drug-likeness (QED) is 0.640. The van der Waals surface area contributed by atoms with Crippen molar-refractivity contribution in [3.05, 3.63) is 16.9 Å². The van der Waals surface area contributed by atoms with Crippen molar-refractivity contribution in [1.29, 1.82) is 0 Å². The smallest absolute Gasteiger partial charge is 0.139 e. The van der Waals surface area contributed by atoms with E-state index in [0.717, 1.165) is 41.0 Å².